The molecule has 0 bridgehead atoms. The zero-order valence-electron chi connectivity index (χ0n) is 13.8. The van der Waals surface area contributed by atoms with Crippen LogP contribution in [0.4, 0.5) is 4.79 Å². The Hall–Kier alpha value is -1.28. The second-order valence-electron chi connectivity index (χ2n) is 5.46. The third-order valence-electron chi connectivity index (χ3n) is 3.17. The highest BCUT2D eigenvalue weighted by molar-refractivity contribution is 7.98. The molecule has 0 aromatic rings. The number of rotatable bonds is 11. The van der Waals surface area contributed by atoms with Gasteiger partial charge in [0.25, 0.3) is 0 Å². The molecule has 0 heterocycles. The maximum Gasteiger partial charge on any atom is 0.312 e. The van der Waals surface area contributed by atoms with Crippen molar-refractivity contribution in [2.45, 2.75) is 45.7 Å². The second-order valence-corrected chi connectivity index (χ2v) is 6.33. The SMILES string of the molecule is CSCNC(C(=O)N[C@@H](CCCNC(N)=O)C(C)=O)C(C)C. The number of ketones is 1. The van der Waals surface area contributed by atoms with Crippen molar-refractivity contribution in [1.82, 2.24) is 16.0 Å². The zero-order valence-corrected chi connectivity index (χ0v) is 14.6. The van der Waals surface area contributed by atoms with Gasteiger partial charge in [0.2, 0.25) is 5.91 Å². The Kier molecular flexibility index (Phi) is 10.7. The minimum Gasteiger partial charge on any atom is -0.352 e. The number of carbonyl (C=O) groups excluding carboxylic acids is 3. The van der Waals surface area contributed by atoms with Gasteiger partial charge in [-0.3, -0.25) is 14.9 Å². The van der Waals surface area contributed by atoms with E-state index in [1.165, 1.54) is 6.92 Å². The Morgan fingerprint density at radius 3 is 2.32 bits per heavy atom. The molecule has 0 spiro atoms. The summed E-state index contributed by atoms with van der Waals surface area (Å²) in [6.07, 6.45) is 2.99. The molecule has 0 aliphatic carbocycles. The summed E-state index contributed by atoms with van der Waals surface area (Å²) in [5.74, 6) is 0.520. The van der Waals surface area contributed by atoms with Crippen LogP contribution in [0.1, 0.15) is 33.6 Å². The van der Waals surface area contributed by atoms with Gasteiger partial charge in [0.1, 0.15) is 0 Å². The monoisotopic (exact) mass is 332 g/mol. The van der Waals surface area contributed by atoms with Crippen molar-refractivity contribution < 1.29 is 14.4 Å². The van der Waals surface area contributed by atoms with Gasteiger partial charge in [-0.15, -0.1) is 11.8 Å². The van der Waals surface area contributed by atoms with E-state index in [4.69, 9.17) is 5.73 Å². The van der Waals surface area contributed by atoms with Gasteiger partial charge in [-0.05, 0) is 31.9 Å². The van der Waals surface area contributed by atoms with E-state index in [0.717, 1.165) is 0 Å². The fourth-order valence-corrected chi connectivity index (χ4v) is 2.31. The number of hydrogen-bond acceptors (Lipinski definition) is 5. The van der Waals surface area contributed by atoms with Crippen molar-refractivity contribution in [3.8, 4) is 0 Å². The summed E-state index contributed by atoms with van der Waals surface area (Å²) in [5, 5.41) is 8.41. The van der Waals surface area contributed by atoms with Gasteiger partial charge in [-0.1, -0.05) is 13.8 Å². The summed E-state index contributed by atoms with van der Waals surface area (Å²) >= 11 is 1.60. The van der Waals surface area contributed by atoms with E-state index in [2.05, 4.69) is 16.0 Å². The predicted octanol–water partition coefficient (Wildman–Crippen LogP) is 0.443. The highest BCUT2D eigenvalue weighted by Crippen LogP contribution is 2.06. The molecule has 8 heteroatoms. The standard InChI is InChI=1S/C14H28N4O3S/c1-9(2)12(17-8-22-4)13(20)18-11(10(3)19)6-5-7-16-14(15)21/h9,11-12,17H,5-8H2,1-4H3,(H,18,20)(H3,15,16,21)/t11-,12?/m0/s1. The van der Waals surface area contributed by atoms with Crippen molar-refractivity contribution in [3.05, 3.63) is 0 Å². The molecule has 0 rings (SSSR count). The minimum absolute atomic E-state index is 0.0974. The van der Waals surface area contributed by atoms with Crippen LogP contribution in [0.3, 0.4) is 0 Å². The lowest BCUT2D eigenvalue weighted by Gasteiger charge is -2.24. The molecule has 1 unspecified atom stereocenters. The topological polar surface area (TPSA) is 113 Å². The Morgan fingerprint density at radius 2 is 1.86 bits per heavy atom. The van der Waals surface area contributed by atoms with Crippen LogP contribution in [0.2, 0.25) is 0 Å². The maximum absolute atomic E-state index is 12.3. The smallest absolute Gasteiger partial charge is 0.312 e. The van der Waals surface area contributed by atoms with Gasteiger partial charge < -0.3 is 16.4 Å². The summed E-state index contributed by atoms with van der Waals surface area (Å²) in [4.78, 5) is 34.6. The van der Waals surface area contributed by atoms with E-state index in [1.54, 1.807) is 11.8 Å². The quantitative estimate of drug-likeness (QED) is 0.324. The van der Waals surface area contributed by atoms with Gasteiger partial charge in [0, 0.05) is 12.4 Å². The Balaban J connectivity index is 4.48. The molecule has 0 fully saturated rings. The molecule has 22 heavy (non-hydrogen) atoms. The van der Waals surface area contributed by atoms with Crippen LogP contribution in [0, 0.1) is 5.92 Å². The molecule has 5 N–H and O–H groups in total. The molecule has 0 aromatic carbocycles. The molecule has 0 radical (unpaired) electrons. The molecule has 0 aromatic heterocycles. The van der Waals surface area contributed by atoms with Crippen molar-refractivity contribution in [2.24, 2.45) is 11.7 Å². The van der Waals surface area contributed by atoms with Gasteiger partial charge in [-0.2, -0.15) is 0 Å². The summed E-state index contributed by atoms with van der Waals surface area (Å²) < 4.78 is 0. The van der Waals surface area contributed by atoms with Crippen LogP contribution in [0.5, 0.6) is 0 Å². The summed E-state index contributed by atoms with van der Waals surface area (Å²) in [5.41, 5.74) is 4.97. The first-order valence-corrected chi connectivity index (χ1v) is 8.75. The van der Waals surface area contributed by atoms with Gasteiger partial charge >= 0.3 is 6.03 Å². The molecule has 0 saturated heterocycles. The summed E-state index contributed by atoms with van der Waals surface area (Å²) in [6.45, 7) is 5.74. The third-order valence-corrected chi connectivity index (χ3v) is 3.63. The number of nitrogens with two attached hydrogens (primary N) is 1. The fraction of sp³-hybridized carbons (Fsp3) is 0.786. The van der Waals surface area contributed by atoms with Crippen LogP contribution in [0.15, 0.2) is 0 Å². The Labute approximate surface area is 136 Å². The molecule has 7 nitrogen and oxygen atoms in total. The zero-order chi connectivity index (χ0) is 17.1. The van der Waals surface area contributed by atoms with E-state index in [9.17, 15) is 14.4 Å². The van der Waals surface area contributed by atoms with Crippen LogP contribution in [-0.2, 0) is 9.59 Å². The number of carbonyl (C=O) groups is 3. The number of primary amides is 1. The van der Waals surface area contributed by atoms with E-state index in [1.807, 2.05) is 20.1 Å². The average Bonchev–Trinajstić information content (AvgIpc) is 2.41. The molecule has 0 aliphatic heterocycles. The number of nitrogens with one attached hydrogen (secondary N) is 3. The maximum atomic E-state index is 12.3. The second kappa shape index (κ2) is 11.3. The van der Waals surface area contributed by atoms with Crippen LogP contribution < -0.4 is 21.7 Å². The van der Waals surface area contributed by atoms with Crippen LogP contribution in [-0.4, -0.2) is 48.5 Å². The molecule has 3 amide bonds. The highest BCUT2D eigenvalue weighted by atomic mass is 32.2. The van der Waals surface area contributed by atoms with Gasteiger partial charge in [0.05, 0.1) is 12.1 Å². The van der Waals surface area contributed by atoms with Crippen molar-refractivity contribution in [1.29, 1.82) is 0 Å². The molecule has 128 valence electrons. The van der Waals surface area contributed by atoms with Crippen molar-refractivity contribution in [3.63, 3.8) is 0 Å². The third kappa shape index (κ3) is 8.89. The number of hydrogen-bond donors (Lipinski definition) is 4. The van der Waals surface area contributed by atoms with Gasteiger partial charge in [0.15, 0.2) is 5.78 Å². The van der Waals surface area contributed by atoms with Crippen LogP contribution >= 0.6 is 11.8 Å². The van der Waals surface area contributed by atoms with Crippen LogP contribution in [0.25, 0.3) is 0 Å². The minimum atomic E-state index is -0.593. The molecular weight excluding hydrogens is 304 g/mol. The largest absolute Gasteiger partial charge is 0.352 e. The number of thioether (sulfide) groups is 1. The van der Waals surface area contributed by atoms with Crippen molar-refractivity contribution in [2.75, 3.05) is 18.7 Å². The number of Topliss-reactive ketones (excluding diaryl/α,β-unsaturated/α-hetero) is 1. The molecule has 2 atom stereocenters. The molecule has 0 aliphatic rings. The van der Waals surface area contributed by atoms with E-state index in [-0.39, 0.29) is 23.7 Å². The van der Waals surface area contributed by atoms with Crippen molar-refractivity contribution >= 4 is 29.5 Å². The molecular formula is C14H28N4O3S. The normalized spacial score (nSPS) is 13.5. The summed E-state index contributed by atoms with van der Waals surface area (Å²) in [7, 11) is 0. The lowest BCUT2D eigenvalue weighted by molar-refractivity contribution is -0.129. The highest BCUT2D eigenvalue weighted by Gasteiger charge is 2.25. The Bertz CT molecular complexity index is 377. The average molecular weight is 332 g/mol. The van der Waals surface area contributed by atoms with E-state index in [0.29, 0.717) is 25.3 Å². The first kappa shape index (κ1) is 20.7. The first-order valence-electron chi connectivity index (χ1n) is 7.36. The van der Waals surface area contributed by atoms with E-state index < -0.39 is 12.1 Å². The Morgan fingerprint density at radius 1 is 1.23 bits per heavy atom. The lowest BCUT2D eigenvalue weighted by Crippen LogP contribution is -2.52. The van der Waals surface area contributed by atoms with E-state index >= 15 is 0 Å². The summed E-state index contributed by atoms with van der Waals surface area (Å²) in [6, 6.07) is -1.47. The number of urea groups is 1. The lowest BCUT2D eigenvalue weighted by atomic mass is 10.0. The number of amides is 3. The first-order chi connectivity index (χ1) is 10.3. The molecule has 0 saturated carbocycles. The van der Waals surface area contributed by atoms with Gasteiger partial charge in [-0.25, -0.2) is 4.79 Å². The fourth-order valence-electron chi connectivity index (χ4n) is 1.96. The predicted molar refractivity (Wildman–Crippen MR) is 89.6 cm³/mol.